The molecule has 1 saturated heterocycles. The fourth-order valence-corrected chi connectivity index (χ4v) is 2.51. The van der Waals surface area contributed by atoms with Crippen molar-refractivity contribution in [2.24, 2.45) is 0 Å². The smallest absolute Gasteiger partial charge is 0.168 e. The summed E-state index contributed by atoms with van der Waals surface area (Å²) in [4.78, 5) is 11.3. The van der Waals surface area contributed by atoms with Crippen LogP contribution >= 0.6 is 0 Å². The first-order chi connectivity index (χ1) is 9.78. The molecule has 2 aromatic rings. The van der Waals surface area contributed by atoms with Gasteiger partial charge in [0.2, 0.25) is 0 Å². The minimum Gasteiger partial charge on any atom is -0.356 e. The second kappa shape index (κ2) is 5.59. The number of carbonyl (C=O) groups excluding carboxylic acids is 1. The van der Waals surface area contributed by atoms with Gasteiger partial charge in [0.1, 0.15) is 5.69 Å². The Morgan fingerprint density at radius 1 is 1.30 bits per heavy atom. The van der Waals surface area contributed by atoms with Gasteiger partial charge in [-0.1, -0.05) is 29.8 Å². The summed E-state index contributed by atoms with van der Waals surface area (Å²) in [6.45, 7) is 2.79. The zero-order chi connectivity index (χ0) is 13.9. The highest BCUT2D eigenvalue weighted by Gasteiger charge is 2.20. The van der Waals surface area contributed by atoms with E-state index in [0.29, 0.717) is 5.69 Å². The van der Waals surface area contributed by atoms with Gasteiger partial charge in [-0.05, 0) is 32.3 Å². The van der Waals surface area contributed by atoms with Crippen molar-refractivity contribution in [3.8, 4) is 11.3 Å². The van der Waals surface area contributed by atoms with Crippen LogP contribution in [0.5, 0.6) is 0 Å². The lowest BCUT2D eigenvalue weighted by molar-refractivity contribution is -0.0401. The van der Waals surface area contributed by atoms with E-state index in [1.165, 1.54) is 5.56 Å². The van der Waals surface area contributed by atoms with Gasteiger partial charge >= 0.3 is 0 Å². The number of hydrogen-bond acceptors (Lipinski definition) is 3. The number of nitrogens with zero attached hydrogens (tertiary/aromatic N) is 2. The average Bonchev–Trinajstić information content (AvgIpc) is 2.93. The molecule has 0 N–H and O–H groups in total. The first-order valence-corrected chi connectivity index (χ1v) is 7.01. The average molecular weight is 270 g/mol. The molecule has 3 rings (SSSR count). The van der Waals surface area contributed by atoms with Crippen molar-refractivity contribution in [2.45, 2.75) is 32.4 Å². The van der Waals surface area contributed by atoms with E-state index in [1.807, 2.05) is 30.3 Å². The zero-order valence-electron chi connectivity index (χ0n) is 11.6. The Morgan fingerprint density at radius 3 is 2.75 bits per heavy atom. The van der Waals surface area contributed by atoms with Crippen LogP contribution in [0, 0.1) is 6.92 Å². The lowest BCUT2D eigenvalue weighted by Gasteiger charge is -2.23. The third-order valence-electron chi connectivity index (χ3n) is 3.66. The Labute approximate surface area is 118 Å². The molecule has 0 bridgehead atoms. The highest BCUT2D eigenvalue weighted by Crippen LogP contribution is 2.26. The summed E-state index contributed by atoms with van der Waals surface area (Å²) in [6.07, 6.45) is 3.85. The lowest BCUT2D eigenvalue weighted by Crippen LogP contribution is -2.20. The Kier molecular flexibility index (Phi) is 3.65. The van der Waals surface area contributed by atoms with Crippen LogP contribution in [0.3, 0.4) is 0 Å². The molecule has 20 heavy (non-hydrogen) atoms. The maximum Gasteiger partial charge on any atom is 0.168 e. The molecule has 0 amide bonds. The second-order valence-corrected chi connectivity index (χ2v) is 5.20. The van der Waals surface area contributed by atoms with Crippen LogP contribution < -0.4 is 0 Å². The summed E-state index contributed by atoms with van der Waals surface area (Å²) in [6, 6.07) is 9.98. The summed E-state index contributed by atoms with van der Waals surface area (Å²) in [5.41, 5.74) is 3.63. The van der Waals surface area contributed by atoms with Crippen LogP contribution in [-0.2, 0) is 4.74 Å². The predicted octanol–water partition coefficient (Wildman–Crippen LogP) is 3.37. The second-order valence-electron chi connectivity index (χ2n) is 5.20. The number of aryl methyl sites for hydroxylation is 1. The van der Waals surface area contributed by atoms with E-state index in [9.17, 15) is 4.79 Å². The van der Waals surface area contributed by atoms with Crippen LogP contribution in [0.2, 0.25) is 0 Å². The quantitative estimate of drug-likeness (QED) is 0.803. The molecule has 0 saturated carbocycles. The molecule has 0 aliphatic carbocycles. The van der Waals surface area contributed by atoms with E-state index >= 15 is 0 Å². The molecule has 0 spiro atoms. The molecule has 1 aromatic carbocycles. The SMILES string of the molecule is Cc1ccc(-c2cc(C=O)n(C3CCCCO3)n2)cc1. The molecule has 2 heterocycles. The van der Waals surface area contributed by atoms with Gasteiger partial charge in [-0.2, -0.15) is 5.10 Å². The van der Waals surface area contributed by atoms with Gasteiger partial charge in [0.15, 0.2) is 12.5 Å². The summed E-state index contributed by atoms with van der Waals surface area (Å²) in [5, 5.41) is 4.57. The monoisotopic (exact) mass is 270 g/mol. The highest BCUT2D eigenvalue weighted by molar-refractivity contribution is 5.76. The first kappa shape index (κ1) is 13.1. The van der Waals surface area contributed by atoms with Crippen LogP contribution in [0.25, 0.3) is 11.3 Å². The van der Waals surface area contributed by atoms with E-state index in [0.717, 1.165) is 43.4 Å². The molecule has 1 unspecified atom stereocenters. The van der Waals surface area contributed by atoms with Crippen molar-refractivity contribution in [2.75, 3.05) is 6.61 Å². The maximum absolute atomic E-state index is 11.3. The normalized spacial score (nSPS) is 18.9. The summed E-state index contributed by atoms with van der Waals surface area (Å²) in [5.74, 6) is 0. The standard InChI is InChI=1S/C16H18N2O2/c1-12-5-7-13(8-6-12)15-10-14(11-19)18(17-15)16-4-2-3-9-20-16/h5-8,10-11,16H,2-4,9H2,1H3. The third-order valence-corrected chi connectivity index (χ3v) is 3.66. The molecule has 1 fully saturated rings. The largest absolute Gasteiger partial charge is 0.356 e. The van der Waals surface area contributed by atoms with Crippen molar-refractivity contribution in [3.63, 3.8) is 0 Å². The molecule has 1 aliphatic rings. The third kappa shape index (κ3) is 2.51. The molecule has 4 nitrogen and oxygen atoms in total. The van der Waals surface area contributed by atoms with Gasteiger partial charge in [0.05, 0.1) is 5.69 Å². The fourth-order valence-electron chi connectivity index (χ4n) is 2.51. The number of aromatic nitrogens is 2. The van der Waals surface area contributed by atoms with Crippen LogP contribution in [0.1, 0.15) is 41.5 Å². The Bertz CT molecular complexity index is 595. The van der Waals surface area contributed by atoms with Gasteiger partial charge in [0, 0.05) is 12.2 Å². The zero-order valence-corrected chi connectivity index (χ0v) is 11.6. The topological polar surface area (TPSA) is 44.1 Å². The van der Waals surface area contributed by atoms with Gasteiger partial charge in [-0.25, -0.2) is 4.68 Å². The summed E-state index contributed by atoms with van der Waals surface area (Å²) >= 11 is 0. The van der Waals surface area contributed by atoms with Crippen LogP contribution in [0.4, 0.5) is 0 Å². The fraction of sp³-hybridized carbons (Fsp3) is 0.375. The van der Waals surface area contributed by atoms with E-state index in [-0.39, 0.29) is 6.23 Å². The number of hydrogen-bond donors (Lipinski definition) is 0. The predicted molar refractivity (Wildman–Crippen MR) is 76.6 cm³/mol. The van der Waals surface area contributed by atoms with Gasteiger partial charge in [-0.3, -0.25) is 4.79 Å². The number of carbonyl (C=O) groups is 1. The Morgan fingerprint density at radius 2 is 2.10 bits per heavy atom. The summed E-state index contributed by atoms with van der Waals surface area (Å²) < 4.78 is 7.44. The van der Waals surface area contributed by atoms with Crippen molar-refractivity contribution < 1.29 is 9.53 Å². The van der Waals surface area contributed by atoms with E-state index < -0.39 is 0 Å². The van der Waals surface area contributed by atoms with Crippen LogP contribution in [0.15, 0.2) is 30.3 Å². The Balaban J connectivity index is 1.95. The van der Waals surface area contributed by atoms with E-state index in [4.69, 9.17) is 4.74 Å². The molecule has 1 atom stereocenters. The maximum atomic E-state index is 11.3. The number of aldehydes is 1. The first-order valence-electron chi connectivity index (χ1n) is 7.01. The van der Waals surface area contributed by atoms with Crippen LogP contribution in [-0.4, -0.2) is 22.7 Å². The molecule has 104 valence electrons. The van der Waals surface area contributed by atoms with E-state index in [1.54, 1.807) is 4.68 Å². The number of ether oxygens (including phenoxy) is 1. The number of benzene rings is 1. The molecule has 4 heteroatoms. The minimum atomic E-state index is -0.108. The van der Waals surface area contributed by atoms with Gasteiger partial charge in [0.25, 0.3) is 0 Å². The van der Waals surface area contributed by atoms with Crippen molar-refractivity contribution in [1.82, 2.24) is 9.78 Å². The lowest BCUT2D eigenvalue weighted by atomic mass is 10.1. The Hall–Kier alpha value is -1.94. The minimum absolute atomic E-state index is 0.108. The molecule has 1 aliphatic heterocycles. The van der Waals surface area contributed by atoms with Crippen molar-refractivity contribution in [1.29, 1.82) is 0 Å². The van der Waals surface area contributed by atoms with Crippen molar-refractivity contribution in [3.05, 3.63) is 41.6 Å². The van der Waals surface area contributed by atoms with Crippen molar-refractivity contribution >= 4 is 6.29 Å². The molecular weight excluding hydrogens is 252 g/mol. The molecule has 0 radical (unpaired) electrons. The van der Waals surface area contributed by atoms with Gasteiger partial charge in [-0.15, -0.1) is 0 Å². The molecule has 1 aromatic heterocycles. The van der Waals surface area contributed by atoms with Gasteiger partial charge < -0.3 is 4.74 Å². The number of rotatable bonds is 3. The molecular formula is C16H18N2O2. The summed E-state index contributed by atoms with van der Waals surface area (Å²) in [7, 11) is 0. The highest BCUT2D eigenvalue weighted by atomic mass is 16.5. The van der Waals surface area contributed by atoms with E-state index in [2.05, 4.69) is 12.0 Å².